The highest BCUT2D eigenvalue weighted by Gasteiger charge is 2.10. The van der Waals surface area contributed by atoms with E-state index in [2.05, 4.69) is 37.7 Å². The second kappa shape index (κ2) is 14.3. The van der Waals surface area contributed by atoms with E-state index in [4.69, 9.17) is 14.5 Å². The molecule has 1 fully saturated rings. The number of likely N-dealkylation sites (N-methyl/N-ethyl adjacent to an activating group) is 1. The molecule has 1 aromatic heterocycles. The van der Waals surface area contributed by atoms with Crippen LogP contribution in [0.25, 0.3) is 0 Å². The van der Waals surface area contributed by atoms with Gasteiger partial charge < -0.3 is 29.6 Å². The van der Waals surface area contributed by atoms with Crippen molar-refractivity contribution < 1.29 is 9.47 Å². The number of rotatable bonds is 13. The lowest BCUT2D eigenvalue weighted by Gasteiger charge is -2.26. The van der Waals surface area contributed by atoms with E-state index in [1.165, 1.54) is 0 Å². The fraction of sp³-hybridized carbons (Fsp3) is 0.850. The summed E-state index contributed by atoms with van der Waals surface area (Å²) in [6.45, 7) is 11.7. The molecule has 0 aromatic carbocycles. The Kier molecular flexibility index (Phi) is 11.7. The van der Waals surface area contributed by atoms with E-state index in [-0.39, 0.29) is 0 Å². The van der Waals surface area contributed by atoms with Gasteiger partial charge in [-0.3, -0.25) is 4.90 Å². The number of guanidine groups is 1. The van der Waals surface area contributed by atoms with E-state index in [0.29, 0.717) is 6.54 Å². The molecule has 0 saturated carbocycles. The summed E-state index contributed by atoms with van der Waals surface area (Å²) in [5, 5.41) is 15.2. The smallest absolute Gasteiger partial charge is 0.191 e. The molecule has 10 heteroatoms. The van der Waals surface area contributed by atoms with Gasteiger partial charge in [0.15, 0.2) is 11.8 Å². The maximum Gasteiger partial charge on any atom is 0.191 e. The predicted molar refractivity (Wildman–Crippen MR) is 119 cm³/mol. The van der Waals surface area contributed by atoms with E-state index < -0.39 is 0 Å². The van der Waals surface area contributed by atoms with Gasteiger partial charge in [-0.1, -0.05) is 0 Å². The van der Waals surface area contributed by atoms with Gasteiger partial charge in [-0.15, -0.1) is 10.2 Å². The molecule has 1 saturated heterocycles. The minimum absolute atomic E-state index is 0.500. The first kappa shape index (κ1) is 24.5. The predicted octanol–water partition coefficient (Wildman–Crippen LogP) is -0.151. The van der Waals surface area contributed by atoms with Crippen molar-refractivity contribution in [3.63, 3.8) is 0 Å². The summed E-state index contributed by atoms with van der Waals surface area (Å²) in [4.78, 5) is 9.47. The number of hydrogen-bond donors (Lipinski definition) is 2. The number of nitrogens with zero attached hydrogens (tertiary/aromatic N) is 6. The van der Waals surface area contributed by atoms with Crippen molar-refractivity contribution in [2.45, 2.75) is 26.3 Å². The number of hydrogen-bond acceptors (Lipinski definition) is 7. The van der Waals surface area contributed by atoms with Crippen LogP contribution in [0.5, 0.6) is 0 Å². The van der Waals surface area contributed by atoms with E-state index in [9.17, 15) is 0 Å². The Bertz CT molecular complexity index is 616. The van der Waals surface area contributed by atoms with Crippen LogP contribution in [-0.4, -0.2) is 110 Å². The quantitative estimate of drug-likeness (QED) is 0.257. The second-order valence-electron chi connectivity index (χ2n) is 7.70. The average Bonchev–Trinajstić information content (AvgIpc) is 3.07. The molecule has 0 spiro atoms. The number of aryl methyl sites for hydroxylation is 1. The van der Waals surface area contributed by atoms with Gasteiger partial charge in [-0.2, -0.15) is 0 Å². The number of ether oxygens (including phenoxy) is 2. The van der Waals surface area contributed by atoms with Crippen molar-refractivity contribution in [3.05, 3.63) is 11.6 Å². The van der Waals surface area contributed by atoms with Crippen molar-refractivity contribution in [1.29, 1.82) is 0 Å². The Morgan fingerprint density at radius 1 is 1.17 bits per heavy atom. The van der Waals surface area contributed by atoms with Crippen LogP contribution >= 0.6 is 0 Å². The molecule has 0 radical (unpaired) electrons. The third kappa shape index (κ3) is 9.38. The van der Waals surface area contributed by atoms with Crippen LogP contribution in [0.1, 0.15) is 24.5 Å². The lowest BCUT2D eigenvalue weighted by molar-refractivity contribution is 0.0376. The summed E-state index contributed by atoms with van der Waals surface area (Å²) >= 11 is 0. The lowest BCUT2D eigenvalue weighted by Crippen LogP contribution is -2.43. The molecule has 2 N–H and O–H groups in total. The Labute approximate surface area is 181 Å². The molecule has 1 aromatic rings. The Morgan fingerprint density at radius 3 is 2.63 bits per heavy atom. The molecule has 0 amide bonds. The Morgan fingerprint density at radius 2 is 1.93 bits per heavy atom. The molecule has 0 bridgehead atoms. The molecule has 172 valence electrons. The summed E-state index contributed by atoms with van der Waals surface area (Å²) in [6.07, 6.45) is 2.11. The molecule has 10 nitrogen and oxygen atoms in total. The highest BCUT2D eigenvalue weighted by atomic mass is 16.5. The Hall–Kier alpha value is -1.75. The summed E-state index contributed by atoms with van der Waals surface area (Å²) in [6, 6.07) is 0. The average molecular weight is 425 g/mol. The van der Waals surface area contributed by atoms with E-state index >= 15 is 0 Å². The maximum absolute atomic E-state index is 5.41. The Balaban J connectivity index is 1.77. The van der Waals surface area contributed by atoms with Gasteiger partial charge in [-0.05, 0) is 33.4 Å². The number of nitrogens with one attached hydrogen (secondary N) is 2. The van der Waals surface area contributed by atoms with Crippen LogP contribution in [0.2, 0.25) is 0 Å². The van der Waals surface area contributed by atoms with Gasteiger partial charge in [0.2, 0.25) is 0 Å². The second-order valence-corrected chi connectivity index (χ2v) is 7.70. The summed E-state index contributed by atoms with van der Waals surface area (Å²) < 4.78 is 12.5. The van der Waals surface area contributed by atoms with Crippen molar-refractivity contribution >= 4 is 5.96 Å². The van der Waals surface area contributed by atoms with Gasteiger partial charge in [0.25, 0.3) is 0 Å². The fourth-order valence-electron chi connectivity index (χ4n) is 3.20. The van der Waals surface area contributed by atoms with Crippen LogP contribution in [-0.2, 0) is 23.1 Å². The van der Waals surface area contributed by atoms with Crippen molar-refractivity contribution in [3.8, 4) is 0 Å². The highest BCUT2D eigenvalue weighted by Crippen LogP contribution is 2.00. The van der Waals surface area contributed by atoms with Crippen molar-refractivity contribution in [2.75, 3.05) is 79.8 Å². The monoisotopic (exact) mass is 424 g/mol. The van der Waals surface area contributed by atoms with Crippen molar-refractivity contribution in [2.24, 2.45) is 12.0 Å². The van der Waals surface area contributed by atoms with Crippen LogP contribution in [0.4, 0.5) is 0 Å². The van der Waals surface area contributed by atoms with Crippen molar-refractivity contribution in [1.82, 2.24) is 35.2 Å². The third-order valence-electron chi connectivity index (χ3n) is 5.28. The molecule has 30 heavy (non-hydrogen) atoms. The van der Waals surface area contributed by atoms with E-state index in [0.717, 1.165) is 96.1 Å². The lowest BCUT2D eigenvalue weighted by atomic mass is 10.3. The molecule has 0 atom stereocenters. The van der Waals surface area contributed by atoms with Gasteiger partial charge in [0, 0.05) is 60.0 Å². The van der Waals surface area contributed by atoms with E-state index in [1.54, 1.807) is 7.11 Å². The van der Waals surface area contributed by atoms with E-state index in [1.807, 2.05) is 18.5 Å². The van der Waals surface area contributed by atoms with Crippen LogP contribution in [0.15, 0.2) is 4.99 Å². The summed E-state index contributed by atoms with van der Waals surface area (Å²) in [5.41, 5.74) is 0. The summed E-state index contributed by atoms with van der Waals surface area (Å²) in [7, 11) is 5.85. The minimum Gasteiger partial charge on any atom is -0.385 e. The number of aromatic nitrogens is 3. The van der Waals surface area contributed by atoms with Gasteiger partial charge in [0.1, 0.15) is 12.4 Å². The zero-order chi connectivity index (χ0) is 21.6. The zero-order valence-electron chi connectivity index (χ0n) is 19.2. The number of aliphatic imine (C=N–C) groups is 1. The van der Waals surface area contributed by atoms with Crippen LogP contribution in [0, 0.1) is 6.92 Å². The number of morpholine rings is 1. The molecular formula is C20H40N8O2. The van der Waals surface area contributed by atoms with Gasteiger partial charge in [-0.25, -0.2) is 4.99 Å². The first-order valence-electron chi connectivity index (χ1n) is 10.9. The molecular weight excluding hydrogens is 384 g/mol. The van der Waals surface area contributed by atoms with Gasteiger partial charge >= 0.3 is 0 Å². The molecule has 1 aliphatic heterocycles. The molecule has 0 aliphatic carbocycles. The summed E-state index contributed by atoms with van der Waals surface area (Å²) in [5.74, 6) is 2.58. The first-order valence-corrected chi connectivity index (χ1v) is 10.9. The topological polar surface area (TPSA) is 92.1 Å². The highest BCUT2D eigenvalue weighted by molar-refractivity contribution is 5.79. The maximum atomic E-state index is 5.41. The van der Waals surface area contributed by atoms with Gasteiger partial charge in [0.05, 0.1) is 13.2 Å². The van der Waals surface area contributed by atoms with Crippen LogP contribution in [0.3, 0.4) is 0 Å². The largest absolute Gasteiger partial charge is 0.385 e. The normalized spacial score (nSPS) is 15.7. The molecule has 0 unspecified atom stereocenters. The first-order chi connectivity index (χ1) is 14.6. The molecule has 1 aliphatic rings. The zero-order valence-corrected chi connectivity index (χ0v) is 19.2. The molecule has 2 rings (SSSR count). The SMILES string of the molecule is COCCCN(C)CCNC(=NCc1nnc(C)n1C)NCCCN1CCOCC1. The van der Waals surface area contributed by atoms with Crippen LogP contribution < -0.4 is 10.6 Å². The third-order valence-corrected chi connectivity index (χ3v) is 5.28. The fourth-order valence-corrected chi connectivity index (χ4v) is 3.20. The minimum atomic E-state index is 0.500. The molecule has 2 heterocycles. The standard InChI is InChI=1S/C20H40N8O2/c1-18-24-25-19(27(18)3)17-23-20(22-8-11-26(2)9-6-14-29-4)21-7-5-10-28-12-15-30-16-13-28/h5-17H2,1-4H3,(H2,21,22,23). The number of methoxy groups -OCH3 is 1.